The lowest BCUT2D eigenvalue weighted by molar-refractivity contribution is -0.384. The Bertz CT molecular complexity index is 1940. The lowest BCUT2D eigenvalue weighted by Gasteiger charge is -2.25. The van der Waals surface area contributed by atoms with Crippen molar-refractivity contribution in [2.45, 2.75) is 19.9 Å². The summed E-state index contributed by atoms with van der Waals surface area (Å²) in [6.07, 6.45) is 1.60. The van der Waals surface area contributed by atoms with Gasteiger partial charge < -0.3 is 18.6 Å². The normalized spacial score (nSPS) is 14.8. The Morgan fingerprint density at radius 3 is 2.60 bits per heavy atom. The van der Waals surface area contributed by atoms with Crippen LogP contribution in [0.1, 0.15) is 31.2 Å². The van der Waals surface area contributed by atoms with E-state index in [0.717, 1.165) is 11.3 Å². The monoisotopic (exact) mass is 653 g/mol. The molecule has 0 bridgehead atoms. The van der Waals surface area contributed by atoms with Gasteiger partial charge in [0.2, 0.25) is 0 Å². The molecule has 13 heteroatoms. The number of benzene rings is 2. The van der Waals surface area contributed by atoms with Gasteiger partial charge in [-0.2, -0.15) is 0 Å². The van der Waals surface area contributed by atoms with Crippen LogP contribution in [0.15, 0.2) is 78.5 Å². The number of nitro groups is 1. The molecule has 4 aromatic rings. The second-order valence-corrected chi connectivity index (χ2v) is 10.9. The summed E-state index contributed by atoms with van der Waals surface area (Å²) in [4.78, 5) is 42.6. The van der Waals surface area contributed by atoms with Crippen molar-refractivity contribution in [3.05, 3.63) is 105 Å². The van der Waals surface area contributed by atoms with Gasteiger partial charge in [0.1, 0.15) is 11.5 Å². The fourth-order valence-corrected chi connectivity index (χ4v) is 6.24. The van der Waals surface area contributed by atoms with Crippen LogP contribution in [0.5, 0.6) is 11.5 Å². The zero-order valence-corrected chi connectivity index (χ0v) is 25.3. The minimum atomic E-state index is -0.828. The Morgan fingerprint density at radius 2 is 1.93 bits per heavy atom. The van der Waals surface area contributed by atoms with Gasteiger partial charge in [-0.15, -0.1) is 0 Å². The van der Waals surface area contributed by atoms with Crippen LogP contribution >= 0.6 is 27.3 Å². The molecule has 0 radical (unpaired) electrons. The molecule has 3 heterocycles. The van der Waals surface area contributed by atoms with E-state index in [1.54, 1.807) is 56.3 Å². The minimum absolute atomic E-state index is 0.0555. The number of rotatable bonds is 8. The summed E-state index contributed by atoms with van der Waals surface area (Å²) in [7, 11) is 3.03. The first-order valence-electron chi connectivity index (χ1n) is 12.6. The number of esters is 1. The number of hydrogen-bond acceptors (Lipinski definition) is 10. The lowest BCUT2D eigenvalue weighted by Crippen LogP contribution is -2.39. The summed E-state index contributed by atoms with van der Waals surface area (Å²) < 4.78 is 24.5. The number of allylic oxidation sites excluding steroid dienone is 1. The number of aromatic nitrogens is 1. The van der Waals surface area contributed by atoms with Crippen molar-refractivity contribution >= 4 is 45.0 Å². The van der Waals surface area contributed by atoms with Crippen molar-refractivity contribution in [3.63, 3.8) is 0 Å². The molecule has 1 aliphatic heterocycles. The Morgan fingerprint density at radius 1 is 1.17 bits per heavy atom. The van der Waals surface area contributed by atoms with Crippen molar-refractivity contribution in [3.8, 4) is 22.8 Å². The fourth-order valence-electron chi connectivity index (χ4n) is 4.65. The van der Waals surface area contributed by atoms with E-state index in [9.17, 15) is 19.7 Å². The van der Waals surface area contributed by atoms with Crippen LogP contribution in [0.4, 0.5) is 5.69 Å². The van der Waals surface area contributed by atoms with E-state index in [1.165, 1.54) is 30.9 Å². The van der Waals surface area contributed by atoms with E-state index in [-0.39, 0.29) is 23.4 Å². The highest BCUT2D eigenvalue weighted by Gasteiger charge is 2.34. The first-order valence-corrected chi connectivity index (χ1v) is 14.2. The number of nitrogens with zero attached hydrogens (tertiary/aromatic N) is 3. The molecule has 0 spiro atoms. The molecular formula is C29H24BrN3O8S. The topological polar surface area (TPSA) is 135 Å². The predicted octanol–water partition coefficient (Wildman–Crippen LogP) is 4.75. The van der Waals surface area contributed by atoms with E-state index in [0.29, 0.717) is 53.6 Å². The van der Waals surface area contributed by atoms with Crippen molar-refractivity contribution in [2.75, 3.05) is 20.8 Å². The quantitative estimate of drug-likeness (QED) is 0.151. The second-order valence-electron chi connectivity index (χ2n) is 9.04. The molecule has 42 heavy (non-hydrogen) atoms. The molecule has 1 unspecified atom stereocenters. The van der Waals surface area contributed by atoms with Crippen LogP contribution in [-0.4, -0.2) is 36.3 Å². The summed E-state index contributed by atoms with van der Waals surface area (Å²) >= 11 is 4.52. The SMILES string of the molecule is CCOC(=O)C1=C(C)N=c2s/c(=C\c3ccc(-c4ccc([N+](=O)[O-])cc4Br)o3)c(=O)n2C1c1ccc(OC)c(OC)c1. The van der Waals surface area contributed by atoms with Gasteiger partial charge in [0.25, 0.3) is 11.2 Å². The smallest absolute Gasteiger partial charge is 0.338 e. The summed E-state index contributed by atoms with van der Waals surface area (Å²) in [5.74, 6) is 1.22. The highest BCUT2D eigenvalue weighted by molar-refractivity contribution is 9.10. The van der Waals surface area contributed by atoms with E-state index >= 15 is 0 Å². The van der Waals surface area contributed by atoms with Gasteiger partial charge in [0.15, 0.2) is 16.3 Å². The summed E-state index contributed by atoms with van der Waals surface area (Å²) in [6, 6.07) is 12.1. The molecule has 0 amide bonds. The van der Waals surface area contributed by atoms with Gasteiger partial charge >= 0.3 is 5.97 Å². The van der Waals surface area contributed by atoms with Crippen LogP contribution in [-0.2, 0) is 9.53 Å². The van der Waals surface area contributed by atoms with Gasteiger partial charge in [-0.05, 0) is 65.7 Å². The molecule has 0 fully saturated rings. The highest BCUT2D eigenvalue weighted by Crippen LogP contribution is 2.36. The van der Waals surface area contributed by atoms with E-state index in [2.05, 4.69) is 20.9 Å². The third-order valence-corrected chi connectivity index (χ3v) is 8.21. The standard InChI is InChI=1S/C29H24BrN3O8S/c1-5-40-28(35)25-15(2)31-29-32(26(25)16-6-10-22(38-3)23(12-16)39-4)27(34)24(42-29)14-18-8-11-21(41-18)19-9-7-17(33(36)37)13-20(19)30/h6-14,26H,5H2,1-4H3/b24-14-. The molecule has 0 saturated carbocycles. The Hall–Kier alpha value is -4.49. The summed E-state index contributed by atoms with van der Waals surface area (Å²) in [5, 5.41) is 11.1. The fraction of sp³-hybridized carbons (Fsp3) is 0.207. The number of hydrogen-bond donors (Lipinski definition) is 0. The number of carbonyl (C=O) groups excluding carboxylic acids is 1. The van der Waals surface area contributed by atoms with Crippen molar-refractivity contribution in [2.24, 2.45) is 4.99 Å². The maximum absolute atomic E-state index is 13.9. The number of thiazole rings is 1. The van der Waals surface area contributed by atoms with Crippen LogP contribution in [0.3, 0.4) is 0 Å². The van der Waals surface area contributed by atoms with Crippen molar-refractivity contribution < 1.29 is 28.3 Å². The number of carbonyl (C=O) groups is 1. The Kier molecular flexibility index (Phi) is 8.14. The molecule has 0 saturated heterocycles. The Balaban J connectivity index is 1.63. The molecule has 2 aromatic heterocycles. The lowest BCUT2D eigenvalue weighted by atomic mass is 9.95. The summed E-state index contributed by atoms with van der Waals surface area (Å²) in [6.45, 7) is 3.57. The first-order chi connectivity index (χ1) is 20.2. The van der Waals surface area contributed by atoms with E-state index in [4.69, 9.17) is 18.6 Å². The number of non-ortho nitro benzene ring substituents is 1. The zero-order chi connectivity index (χ0) is 30.1. The van der Waals surface area contributed by atoms with Gasteiger partial charge in [0.05, 0.1) is 47.6 Å². The maximum Gasteiger partial charge on any atom is 0.338 e. The third kappa shape index (κ3) is 5.28. The maximum atomic E-state index is 13.9. The minimum Gasteiger partial charge on any atom is -0.493 e. The van der Waals surface area contributed by atoms with Gasteiger partial charge in [-0.1, -0.05) is 17.4 Å². The van der Waals surface area contributed by atoms with E-state index in [1.807, 2.05) is 0 Å². The van der Waals surface area contributed by atoms with Crippen molar-refractivity contribution in [1.82, 2.24) is 4.57 Å². The molecule has 0 aliphatic carbocycles. The molecule has 11 nitrogen and oxygen atoms in total. The number of fused-ring (bicyclic) bond motifs is 1. The van der Waals surface area contributed by atoms with Crippen LogP contribution in [0.25, 0.3) is 17.4 Å². The molecule has 1 aliphatic rings. The largest absolute Gasteiger partial charge is 0.493 e. The number of furan rings is 1. The van der Waals surface area contributed by atoms with Crippen molar-refractivity contribution in [1.29, 1.82) is 0 Å². The predicted molar refractivity (Wildman–Crippen MR) is 158 cm³/mol. The van der Waals surface area contributed by atoms with Crippen LogP contribution < -0.4 is 24.4 Å². The van der Waals surface area contributed by atoms with Gasteiger partial charge in [-0.3, -0.25) is 19.5 Å². The Labute approximate surface area is 251 Å². The number of ether oxygens (including phenoxy) is 3. The van der Waals surface area contributed by atoms with Crippen LogP contribution in [0.2, 0.25) is 0 Å². The molecular weight excluding hydrogens is 630 g/mol. The second kappa shape index (κ2) is 11.8. The summed E-state index contributed by atoms with van der Waals surface area (Å²) in [5.41, 5.74) is 1.48. The van der Waals surface area contributed by atoms with Gasteiger partial charge in [0, 0.05) is 28.2 Å². The van der Waals surface area contributed by atoms with Gasteiger partial charge in [-0.25, -0.2) is 9.79 Å². The van der Waals surface area contributed by atoms with Crippen LogP contribution in [0, 0.1) is 10.1 Å². The third-order valence-electron chi connectivity index (χ3n) is 6.57. The first kappa shape index (κ1) is 29.0. The number of halogens is 1. The van der Waals surface area contributed by atoms with E-state index < -0.39 is 16.9 Å². The molecule has 5 rings (SSSR count). The average molecular weight is 654 g/mol. The number of methoxy groups -OCH3 is 2. The average Bonchev–Trinajstić information content (AvgIpc) is 3.55. The molecule has 0 N–H and O–H groups in total. The highest BCUT2D eigenvalue weighted by atomic mass is 79.9. The number of nitro benzene ring substituents is 1. The zero-order valence-electron chi connectivity index (χ0n) is 22.9. The molecule has 216 valence electrons. The molecule has 1 atom stereocenters. The molecule has 2 aromatic carbocycles.